The van der Waals surface area contributed by atoms with Gasteiger partial charge >= 0.3 is 11.9 Å². The molecule has 0 spiro atoms. The van der Waals surface area contributed by atoms with Gasteiger partial charge in [-0.3, -0.25) is 4.79 Å². The number of aliphatic carboxylic acids is 1. The molecular weight excluding hydrogens is 160 g/mol. The highest BCUT2D eigenvalue weighted by atomic mass is 16.5. The van der Waals surface area contributed by atoms with E-state index in [-0.39, 0.29) is 6.42 Å². The number of carbonyl (C=O) groups is 2. The SMILES string of the molecule is C/C=C/C(=O)OC(C)CC(=O)O. The molecule has 4 nitrogen and oxygen atoms in total. The largest absolute Gasteiger partial charge is 0.481 e. The first-order valence-electron chi connectivity index (χ1n) is 3.61. The molecule has 0 saturated heterocycles. The lowest BCUT2D eigenvalue weighted by atomic mass is 10.3. The van der Waals surface area contributed by atoms with Crippen molar-refractivity contribution in [3.05, 3.63) is 12.2 Å². The second-order valence-electron chi connectivity index (χ2n) is 2.35. The molecule has 0 aliphatic rings. The average molecular weight is 172 g/mol. The molecule has 0 amide bonds. The molecule has 4 heteroatoms. The van der Waals surface area contributed by atoms with Crippen molar-refractivity contribution in [2.24, 2.45) is 0 Å². The minimum atomic E-state index is -0.976. The van der Waals surface area contributed by atoms with E-state index in [0.717, 1.165) is 0 Å². The normalized spacial score (nSPS) is 12.8. The van der Waals surface area contributed by atoms with Gasteiger partial charge in [-0.05, 0) is 13.8 Å². The Hall–Kier alpha value is -1.32. The van der Waals surface area contributed by atoms with Crippen LogP contribution in [0.4, 0.5) is 0 Å². The number of carboxylic acid groups (broad SMARTS) is 1. The van der Waals surface area contributed by atoms with E-state index >= 15 is 0 Å². The molecule has 0 aromatic carbocycles. The van der Waals surface area contributed by atoms with Crippen LogP contribution in [0.25, 0.3) is 0 Å². The molecule has 1 atom stereocenters. The fourth-order valence-electron chi connectivity index (χ4n) is 0.661. The summed E-state index contributed by atoms with van der Waals surface area (Å²) >= 11 is 0. The molecule has 1 unspecified atom stereocenters. The van der Waals surface area contributed by atoms with Crippen LogP contribution in [0, 0.1) is 0 Å². The first-order valence-corrected chi connectivity index (χ1v) is 3.61. The van der Waals surface area contributed by atoms with Gasteiger partial charge in [0.25, 0.3) is 0 Å². The van der Waals surface area contributed by atoms with E-state index in [1.807, 2.05) is 0 Å². The van der Waals surface area contributed by atoms with Gasteiger partial charge in [-0.15, -0.1) is 0 Å². The zero-order valence-corrected chi connectivity index (χ0v) is 7.11. The standard InChI is InChI=1S/C8H12O4/c1-3-4-8(11)12-6(2)5-7(9)10/h3-4,6H,5H2,1-2H3,(H,9,10)/b4-3+. The molecule has 0 aliphatic heterocycles. The van der Waals surface area contributed by atoms with E-state index in [9.17, 15) is 9.59 Å². The molecule has 0 rings (SSSR count). The number of hydrogen-bond acceptors (Lipinski definition) is 3. The van der Waals surface area contributed by atoms with Crippen molar-refractivity contribution < 1.29 is 19.4 Å². The van der Waals surface area contributed by atoms with Crippen molar-refractivity contribution in [3.63, 3.8) is 0 Å². The number of rotatable bonds is 4. The predicted octanol–water partition coefficient (Wildman–Crippen LogP) is 0.969. The molecule has 1 N–H and O–H groups in total. The van der Waals surface area contributed by atoms with E-state index in [1.165, 1.54) is 19.1 Å². The highest BCUT2D eigenvalue weighted by Gasteiger charge is 2.10. The van der Waals surface area contributed by atoms with Crippen LogP contribution < -0.4 is 0 Å². The first-order chi connectivity index (χ1) is 5.56. The van der Waals surface area contributed by atoms with Crippen LogP contribution in [0.5, 0.6) is 0 Å². The number of carboxylic acids is 1. The Labute approximate surface area is 70.8 Å². The summed E-state index contributed by atoms with van der Waals surface area (Å²) in [6, 6.07) is 0. The van der Waals surface area contributed by atoms with Crippen LogP contribution in [0.3, 0.4) is 0 Å². The molecule has 0 bridgehead atoms. The maximum atomic E-state index is 10.7. The van der Waals surface area contributed by atoms with Crippen LogP contribution in [-0.2, 0) is 14.3 Å². The molecular formula is C8H12O4. The van der Waals surface area contributed by atoms with E-state index in [0.29, 0.717) is 0 Å². The zero-order valence-electron chi connectivity index (χ0n) is 7.11. The lowest BCUT2D eigenvalue weighted by molar-refractivity contribution is -0.147. The summed E-state index contributed by atoms with van der Waals surface area (Å²) in [5, 5.41) is 8.32. The quantitative estimate of drug-likeness (QED) is 0.507. The van der Waals surface area contributed by atoms with Gasteiger partial charge < -0.3 is 9.84 Å². The second kappa shape index (κ2) is 5.35. The molecule has 0 heterocycles. The third-order valence-corrected chi connectivity index (χ3v) is 1.08. The molecule has 0 aliphatic carbocycles. The van der Waals surface area contributed by atoms with Gasteiger partial charge in [0.05, 0.1) is 6.42 Å². The van der Waals surface area contributed by atoms with Crippen molar-refractivity contribution >= 4 is 11.9 Å². The van der Waals surface area contributed by atoms with E-state index in [2.05, 4.69) is 0 Å². The number of hydrogen-bond donors (Lipinski definition) is 1. The maximum absolute atomic E-state index is 10.7. The molecule has 0 radical (unpaired) electrons. The van der Waals surface area contributed by atoms with Crippen molar-refractivity contribution in [1.29, 1.82) is 0 Å². The van der Waals surface area contributed by atoms with Gasteiger partial charge in [0.1, 0.15) is 6.10 Å². The highest BCUT2D eigenvalue weighted by molar-refractivity contribution is 5.82. The van der Waals surface area contributed by atoms with Crippen LogP contribution in [0.1, 0.15) is 20.3 Å². The van der Waals surface area contributed by atoms with Gasteiger partial charge in [-0.2, -0.15) is 0 Å². The average Bonchev–Trinajstić information content (AvgIpc) is 1.84. The smallest absolute Gasteiger partial charge is 0.330 e. The lowest BCUT2D eigenvalue weighted by Gasteiger charge is -2.07. The van der Waals surface area contributed by atoms with Crippen molar-refractivity contribution in [3.8, 4) is 0 Å². The van der Waals surface area contributed by atoms with Crippen LogP contribution in [-0.4, -0.2) is 23.1 Å². The summed E-state index contributed by atoms with van der Waals surface area (Å²) < 4.78 is 4.70. The number of carbonyl (C=O) groups excluding carboxylic acids is 1. The van der Waals surface area contributed by atoms with Crippen LogP contribution in [0.2, 0.25) is 0 Å². The Bertz CT molecular complexity index is 195. The Balaban J connectivity index is 3.76. The number of allylic oxidation sites excluding steroid dienone is 1. The fourth-order valence-corrected chi connectivity index (χ4v) is 0.661. The zero-order chi connectivity index (χ0) is 9.56. The monoisotopic (exact) mass is 172 g/mol. The van der Waals surface area contributed by atoms with Gasteiger partial charge in [0, 0.05) is 6.08 Å². The Morgan fingerprint density at radius 2 is 2.17 bits per heavy atom. The number of ether oxygens (including phenoxy) is 1. The van der Waals surface area contributed by atoms with Crippen molar-refractivity contribution in [1.82, 2.24) is 0 Å². The summed E-state index contributed by atoms with van der Waals surface area (Å²) in [6.45, 7) is 3.22. The number of esters is 1. The van der Waals surface area contributed by atoms with Crippen LogP contribution >= 0.6 is 0 Å². The highest BCUT2D eigenvalue weighted by Crippen LogP contribution is 1.98. The molecule has 0 aromatic heterocycles. The predicted molar refractivity (Wildman–Crippen MR) is 42.6 cm³/mol. The Kier molecular flexibility index (Phi) is 4.76. The molecule has 0 fully saturated rings. The maximum Gasteiger partial charge on any atom is 0.330 e. The Morgan fingerprint density at radius 3 is 2.58 bits per heavy atom. The molecule has 68 valence electrons. The third-order valence-electron chi connectivity index (χ3n) is 1.08. The van der Waals surface area contributed by atoms with Crippen molar-refractivity contribution in [2.45, 2.75) is 26.4 Å². The first kappa shape index (κ1) is 10.7. The fraction of sp³-hybridized carbons (Fsp3) is 0.500. The second-order valence-corrected chi connectivity index (χ2v) is 2.35. The molecule has 0 saturated carbocycles. The van der Waals surface area contributed by atoms with Gasteiger partial charge in [-0.25, -0.2) is 4.79 Å². The van der Waals surface area contributed by atoms with Crippen molar-refractivity contribution in [2.75, 3.05) is 0 Å². The third kappa shape index (κ3) is 5.46. The Morgan fingerprint density at radius 1 is 1.58 bits per heavy atom. The minimum Gasteiger partial charge on any atom is -0.481 e. The van der Waals surface area contributed by atoms with E-state index in [4.69, 9.17) is 9.84 Å². The topological polar surface area (TPSA) is 63.6 Å². The summed E-state index contributed by atoms with van der Waals surface area (Å²) in [4.78, 5) is 20.9. The summed E-state index contributed by atoms with van der Waals surface area (Å²) in [5.74, 6) is -1.48. The summed E-state index contributed by atoms with van der Waals surface area (Å²) in [7, 11) is 0. The van der Waals surface area contributed by atoms with E-state index in [1.54, 1.807) is 6.92 Å². The van der Waals surface area contributed by atoms with Gasteiger partial charge in [-0.1, -0.05) is 6.08 Å². The minimum absolute atomic E-state index is 0.163. The molecule has 12 heavy (non-hydrogen) atoms. The summed E-state index contributed by atoms with van der Waals surface area (Å²) in [5.41, 5.74) is 0. The van der Waals surface area contributed by atoms with E-state index < -0.39 is 18.0 Å². The van der Waals surface area contributed by atoms with Crippen LogP contribution in [0.15, 0.2) is 12.2 Å². The lowest BCUT2D eigenvalue weighted by Crippen LogP contribution is -2.16. The summed E-state index contributed by atoms with van der Waals surface area (Å²) in [6.07, 6.45) is 2.04. The van der Waals surface area contributed by atoms with Gasteiger partial charge in [0.2, 0.25) is 0 Å². The van der Waals surface area contributed by atoms with Gasteiger partial charge in [0.15, 0.2) is 0 Å². The molecule has 0 aromatic rings.